The van der Waals surface area contributed by atoms with E-state index in [0.29, 0.717) is 23.5 Å². The summed E-state index contributed by atoms with van der Waals surface area (Å²) in [6, 6.07) is 15.2. The van der Waals surface area contributed by atoms with Gasteiger partial charge in [0.2, 0.25) is 0 Å². The molecule has 6 heteroatoms. The van der Waals surface area contributed by atoms with E-state index >= 15 is 0 Å². The van der Waals surface area contributed by atoms with Crippen molar-refractivity contribution in [3.8, 4) is 16.9 Å². The van der Waals surface area contributed by atoms with E-state index in [0.717, 1.165) is 10.0 Å². The van der Waals surface area contributed by atoms with Crippen molar-refractivity contribution >= 4 is 21.8 Å². The monoisotopic (exact) mass is 400 g/mol. The molecule has 2 N–H and O–H groups in total. The summed E-state index contributed by atoms with van der Waals surface area (Å²) in [4.78, 5) is 15.4. The molecule has 0 spiro atoms. The molecule has 1 amide bonds. The van der Waals surface area contributed by atoms with Gasteiger partial charge in [-0.1, -0.05) is 40.2 Å². The van der Waals surface area contributed by atoms with Crippen LogP contribution in [0, 0.1) is 5.82 Å². The summed E-state index contributed by atoms with van der Waals surface area (Å²) in [6.45, 7) is 0.332. The van der Waals surface area contributed by atoms with Crippen molar-refractivity contribution in [2.24, 2.45) is 5.73 Å². The molecule has 0 atom stereocenters. The van der Waals surface area contributed by atoms with E-state index in [2.05, 4.69) is 20.9 Å². The van der Waals surface area contributed by atoms with E-state index < -0.39 is 5.91 Å². The van der Waals surface area contributed by atoms with Crippen molar-refractivity contribution in [1.29, 1.82) is 0 Å². The van der Waals surface area contributed by atoms with Crippen LogP contribution in [0.25, 0.3) is 11.1 Å². The summed E-state index contributed by atoms with van der Waals surface area (Å²) in [6.07, 6.45) is 1.46. The van der Waals surface area contributed by atoms with E-state index in [1.54, 1.807) is 18.2 Å². The van der Waals surface area contributed by atoms with Crippen LogP contribution in [0.3, 0.4) is 0 Å². The molecule has 0 aliphatic heterocycles. The Bertz CT molecular complexity index is 896. The Labute approximate surface area is 152 Å². The van der Waals surface area contributed by atoms with Gasteiger partial charge in [-0.25, -0.2) is 9.37 Å². The third-order valence-corrected chi connectivity index (χ3v) is 4.11. The molecule has 0 bridgehead atoms. The molecular weight excluding hydrogens is 387 g/mol. The van der Waals surface area contributed by atoms with E-state index in [-0.39, 0.29) is 11.5 Å². The molecule has 0 radical (unpaired) electrons. The quantitative estimate of drug-likeness (QED) is 0.692. The van der Waals surface area contributed by atoms with Gasteiger partial charge < -0.3 is 10.5 Å². The number of primary amides is 1. The minimum Gasteiger partial charge on any atom is -0.487 e. The predicted octanol–water partition coefficient (Wildman–Crippen LogP) is 4.33. The number of hydrogen-bond donors (Lipinski definition) is 1. The first kappa shape index (κ1) is 17.1. The number of ether oxygens (including phenoxy) is 1. The number of pyridine rings is 1. The maximum atomic E-state index is 13.2. The Balaban J connectivity index is 1.93. The van der Waals surface area contributed by atoms with E-state index in [1.807, 2.05) is 24.3 Å². The van der Waals surface area contributed by atoms with Crippen molar-refractivity contribution in [2.45, 2.75) is 6.61 Å². The van der Waals surface area contributed by atoms with E-state index in [1.165, 1.54) is 18.3 Å². The second-order valence-corrected chi connectivity index (χ2v) is 6.27. The van der Waals surface area contributed by atoms with Crippen LogP contribution in [0.15, 0.2) is 65.3 Å². The van der Waals surface area contributed by atoms with Gasteiger partial charge in [0.05, 0.1) is 6.20 Å². The van der Waals surface area contributed by atoms with Gasteiger partial charge in [-0.3, -0.25) is 4.79 Å². The lowest BCUT2D eigenvalue weighted by atomic mass is 10.0. The van der Waals surface area contributed by atoms with Crippen LogP contribution in [0.5, 0.6) is 5.75 Å². The van der Waals surface area contributed by atoms with Gasteiger partial charge >= 0.3 is 0 Å². The number of nitrogens with two attached hydrogens (primary N) is 1. The van der Waals surface area contributed by atoms with Crippen LogP contribution in [0.2, 0.25) is 0 Å². The SMILES string of the molecule is NC(=O)c1cc(-c2ccc(F)cc2)c(OCc2ccc(Br)cc2)cn1. The van der Waals surface area contributed by atoms with Gasteiger partial charge in [-0.15, -0.1) is 0 Å². The standard InChI is InChI=1S/C19H14BrFN2O2/c20-14-5-1-12(2-6-14)11-25-18-10-23-17(19(22)24)9-16(18)13-3-7-15(21)8-4-13/h1-10H,11H2,(H2,22,24). The van der Waals surface area contributed by atoms with Crippen LogP contribution in [-0.2, 0) is 6.61 Å². The van der Waals surface area contributed by atoms with Gasteiger partial charge in [0.25, 0.3) is 5.91 Å². The Morgan fingerprint density at radius 1 is 1.12 bits per heavy atom. The first-order valence-corrected chi connectivity index (χ1v) is 8.25. The lowest BCUT2D eigenvalue weighted by Gasteiger charge is -2.12. The summed E-state index contributed by atoms with van der Waals surface area (Å²) in [7, 11) is 0. The van der Waals surface area contributed by atoms with E-state index in [9.17, 15) is 9.18 Å². The lowest BCUT2D eigenvalue weighted by molar-refractivity contribution is 0.0995. The number of halogens is 2. The number of rotatable bonds is 5. The largest absolute Gasteiger partial charge is 0.487 e. The van der Waals surface area contributed by atoms with Crippen LogP contribution in [-0.4, -0.2) is 10.9 Å². The molecule has 0 fully saturated rings. The van der Waals surface area contributed by atoms with Gasteiger partial charge in [0, 0.05) is 10.0 Å². The summed E-state index contributed by atoms with van der Waals surface area (Å²) >= 11 is 3.39. The Kier molecular flexibility index (Phi) is 5.09. The average molecular weight is 401 g/mol. The fourth-order valence-electron chi connectivity index (χ4n) is 2.29. The zero-order valence-corrected chi connectivity index (χ0v) is 14.7. The highest BCUT2D eigenvalue weighted by Gasteiger charge is 2.12. The minimum atomic E-state index is -0.636. The number of benzene rings is 2. The molecular formula is C19H14BrFN2O2. The second-order valence-electron chi connectivity index (χ2n) is 5.35. The molecule has 0 aliphatic rings. The Morgan fingerprint density at radius 3 is 2.44 bits per heavy atom. The van der Waals surface area contributed by atoms with Gasteiger partial charge in [-0.2, -0.15) is 0 Å². The van der Waals surface area contributed by atoms with Gasteiger partial charge in [-0.05, 0) is 41.5 Å². The van der Waals surface area contributed by atoms with Crippen molar-refractivity contribution in [1.82, 2.24) is 4.98 Å². The van der Waals surface area contributed by atoms with Crippen LogP contribution < -0.4 is 10.5 Å². The first-order valence-electron chi connectivity index (χ1n) is 7.46. The molecule has 0 saturated carbocycles. The fourth-order valence-corrected chi connectivity index (χ4v) is 2.55. The number of amides is 1. The Morgan fingerprint density at radius 2 is 1.80 bits per heavy atom. The maximum absolute atomic E-state index is 13.2. The molecule has 4 nitrogen and oxygen atoms in total. The zero-order chi connectivity index (χ0) is 17.8. The fraction of sp³-hybridized carbons (Fsp3) is 0.0526. The summed E-state index contributed by atoms with van der Waals surface area (Å²) in [5.74, 6) is -0.493. The van der Waals surface area contributed by atoms with Crippen LogP contribution in [0.4, 0.5) is 4.39 Å². The highest BCUT2D eigenvalue weighted by Crippen LogP contribution is 2.31. The molecule has 3 aromatic rings. The van der Waals surface area contributed by atoms with Crippen molar-refractivity contribution in [3.05, 3.63) is 82.3 Å². The smallest absolute Gasteiger partial charge is 0.267 e. The van der Waals surface area contributed by atoms with Crippen LogP contribution in [0.1, 0.15) is 16.1 Å². The Hall–Kier alpha value is -2.73. The summed E-state index contributed by atoms with van der Waals surface area (Å²) < 4.78 is 20.0. The molecule has 0 saturated heterocycles. The van der Waals surface area contributed by atoms with Crippen molar-refractivity contribution in [2.75, 3.05) is 0 Å². The van der Waals surface area contributed by atoms with Crippen molar-refractivity contribution < 1.29 is 13.9 Å². The van der Waals surface area contributed by atoms with E-state index in [4.69, 9.17) is 10.5 Å². The number of aromatic nitrogens is 1. The molecule has 3 rings (SSSR count). The summed E-state index contributed by atoms with van der Waals surface area (Å²) in [5.41, 5.74) is 7.74. The second kappa shape index (κ2) is 7.44. The topological polar surface area (TPSA) is 65.2 Å². The lowest BCUT2D eigenvalue weighted by Crippen LogP contribution is -2.13. The van der Waals surface area contributed by atoms with Gasteiger partial charge in [0.1, 0.15) is 23.9 Å². The summed E-state index contributed by atoms with van der Waals surface area (Å²) in [5, 5.41) is 0. The highest BCUT2D eigenvalue weighted by molar-refractivity contribution is 9.10. The maximum Gasteiger partial charge on any atom is 0.267 e. The average Bonchev–Trinajstić information content (AvgIpc) is 2.62. The predicted molar refractivity (Wildman–Crippen MR) is 96.6 cm³/mol. The third-order valence-electron chi connectivity index (χ3n) is 3.58. The molecule has 0 unspecified atom stereocenters. The minimum absolute atomic E-state index is 0.121. The van der Waals surface area contributed by atoms with Crippen LogP contribution >= 0.6 is 15.9 Å². The third kappa shape index (κ3) is 4.22. The molecule has 2 aromatic carbocycles. The molecule has 1 aromatic heterocycles. The first-order chi connectivity index (χ1) is 12.0. The number of carbonyl (C=O) groups is 1. The number of nitrogens with zero attached hydrogens (tertiary/aromatic N) is 1. The number of hydrogen-bond acceptors (Lipinski definition) is 3. The molecule has 1 heterocycles. The highest BCUT2D eigenvalue weighted by atomic mass is 79.9. The molecule has 126 valence electrons. The molecule has 25 heavy (non-hydrogen) atoms. The zero-order valence-electron chi connectivity index (χ0n) is 13.1. The molecule has 0 aliphatic carbocycles. The number of carbonyl (C=O) groups excluding carboxylic acids is 1. The normalized spacial score (nSPS) is 10.5. The van der Waals surface area contributed by atoms with Crippen molar-refractivity contribution in [3.63, 3.8) is 0 Å². The van der Waals surface area contributed by atoms with Gasteiger partial charge in [0.15, 0.2) is 0 Å².